The number of hydrogen-bond donors (Lipinski definition) is 2. The Balaban J connectivity index is 1.71. The van der Waals surface area contributed by atoms with E-state index in [2.05, 4.69) is 4.98 Å². The molecule has 2 N–H and O–H groups in total. The predicted octanol–water partition coefficient (Wildman–Crippen LogP) is 4.07. The molecule has 31 heavy (non-hydrogen) atoms. The van der Waals surface area contributed by atoms with Crippen molar-refractivity contribution >= 4 is 11.9 Å². The van der Waals surface area contributed by atoms with E-state index in [9.17, 15) is 14.7 Å². The SMILES string of the molecule is Cc1[nH]c(C(=O)OCC(=O)N(Cc2ccccc2)Cc2ccccc2)c(C)c1[C@@H](C)O. The highest BCUT2D eigenvalue weighted by Gasteiger charge is 2.23. The molecule has 0 radical (unpaired) electrons. The molecule has 0 aliphatic heterocycles. The lowest BCUT2D eigenvalue weighted by molar-refractivity contribution is -0.135. The number of aromatic nitrogens is 1. The molecule has 1 aromatic heterocycles. The van der Waals surface area contributed by atoms with Gasteiger partial charge in [-0.1, -0.05) is 60.7 Å². The third-order valence-electron chi connectivity index (χ3n) is 5.23. The molecule has 0 saturated heterocycles. The fourth-order valence-electron chi connectivity index (χ4n) is 3.73. The molecule has 1 heterocycles. The molecular weight excluding hydrogens is 392 g/mol. The Bertz CT molecular complexity index is 985. The number of nitrogens with one attached hydrogen (secondary N) is 1. The lowest BCUT2D eigenvalue weighted by atomic mass is 10.1. The lowest BCUT2D eigenvalue weighted by Crippen LogP contribution is -2.34. The molecule has 0 fully saturated rings. The van der Waals surface area contributed by atoms with Crippen molar-refractivity contribution in [2.75, 3.05) is 6.61 Å². The molecule has 0 aliphatic rings. The summed E-state index contributed by atoms with van der Waals surface area (Å²) in [7, 11) is 0. The summed E-state index contributed by atoms with van der Waals surface area (Å²) in [6.07, 6.45) is -0.702. The number of amides is 1. The van der Waals surface area contributed by atoms with Crippen LogP contribution in [0.4, 0.5) is 0 Å². The van der Waals surface area contributed by atoms with Crippen LogP contribution in [0.15, 0.2) is 60.7 Å². The number of benzene rings is 2. The normalized spacial score (nSPS) is 11.7. The summed E-state index contributed by atoms with van der Waals surface area (Å²) >= 11 is 0. The van der Waals surface area contributed by atoms with Crippen LogP contribution in [0.3, 0.4) is 0 Å². The van der Waals surface area contributed by atoms with Crippen LogP contribution < -0.4 is 0 Å². The Morgan fingerprint density at radius 3 is 1.94 bits per heavy atom. The molecule has 162 valence electrons. The van der Waals surface area contributed by atoms with Gasteiger partial charge in [0.2, 0.25) is 0 Å². The van der Waals surface area contributed by atoms with Crippen LogP contribution in [0.25, 0.3) is 0 Å². The molecule has 2 aromatic carbocycles. The third-order valence-corrected chi connectivity index (χ3v) is 5.23. The van der Waals surface area contributed by atoms with E-state index in [0.717, 1.165) is 11.1 Å². The molecule has 0 unspecified atom stereocenters. The maximum Gasteiger partial charge on any atom is 0.355 e. The van der Waals surface area contributed by atoms with E-state index in [1.54, 1.807) is 25.7 Å². The number of rotatable bonds is 8. The van der Waals surface area contributed by atoms with Gasteiger partial charge in [-0.25, -0.2) is 4.79 Å². The van der Waals surface area contributed by atoms with Crippen LogP contribution in [-0.4, -0.2) is 33.5 Å². The van der Waals surface area contributed by atoms with Gasteiger partial charge in [-0.2, -0.15) is 0 Å². The number of H-pyrrole nitrogens is 1. The average molecular weight is 421 g/mol. The van der Waals surface area contributed by atoms with Gasteiger partial charge in [-0.15, -0.1) is 0 Å². The zero-order valence-corrected chi connectivity index (χ0v) is 18.1. The fraction of sp³-hybridized carbons (Fsp3) is 0.280. The van der Waals surface area contributed by atoms with Gasteiger partial charge in [0.15, 0.2) is 6.61 Å². The van der Waals surface area contributed by atoms with Crippen LogP contribution >= 0.6 is 0 Å². The minimum absolute atomic E-state index is 0.263. The number of esters is 1. The van der Waals surface area contributed by atoms with Crippen molar-refractivity contribution in [2.45, 2.75) is 40.0 Å². The third kappa shape index (κ3) is 5.61. The minimum atomic E-state index is -0.702. The quantitative estimate of drug-likeness (QED) is 0.538. The van der Waals surface area contributed by atoms with Crippen LogP contribution in [0, 0.1) is 13.8 Å². The summed E-state index contributed by atoms with van der Waals surface area (Å²) in [5.74, 6) is -0.891. The maximum atomic E-state index is 13.0. The van der Waals surface area contributed by atoms with Gasteiger partial charge < -0.3 is 19.7 Å². The molecule has 3 aromatic rings. The van der Waals surface area contributed by atoms with Crippen molar-refractivity contribution in [2.24, 2.45) is 0 Å². The average Bonchev–Trinajstić information content (AvgIpc) is 3.07. The number of aromatic amines is 1. The van der Waals surface area contributed by atoms with Gasteiger partial charge in [0.25, 0.3) is 5.91 Å². The van der Waals surface area contributed by atoms with E-state index in [-0.39, 0.29) is 18.2 Å². The van der Waals surface area contributed by atoms with Gasteiger partial charge in [0, 0.05) is 24.3 Å². The van der Waals surface area contributed by atoms with Crippen LogP contribution in [0.1, 0.15) is 51.5 Å². The van der Waals surface area contributed by atoms with Crippen LogP contribution in [0.5, 0.6) is 0 Å². The Hall–Kier alpha value is -3.38. The number of hydrogen-bond acceptors (Lipinski definition) is 4. The largest absolute Gasteiger partial charge is 0.451 e. The smallest absolute Gasteiger partial charge is 0.355 e. The second-order valence-electron chi connectivity index (χ2n) is 7.64. The van der Waals surface area contributed by atoms with Crippen molar-refractivity contribution in [3.63, 3.8) is 0 Å². The molecule has 1 atom stereocenters. The Morgan fingerprint density at radius 2 is 1.48 bits per heavy atom. The predicted molar refractivity (Wildman–Crippen MR) is 118 cm³/mol. The molecule has 0 spiro atoms. The van der Waals surface area contributed by atoms with E-state index in [1.165, 1.54) is 0 Å². The molecule has 3 rings (SSSR count). The Morgan fingerprint density at radius 1 is 0.968 bits per heavy atom. The standard InChI is InChI=1S/C25H28N2O4/c1-17-23(19(3)28)18(2)26-24(17)25(30)31-16-22(29)27(14-20-10-6-4-7-11-20)15-21-12-8-5-9-13-21/h4-13,19,26,28H,14-16H2,1-3H3/t19-/m1/s1. The number of carbonyl (C=O) groups is 2. The highest BCUT2D eigenvalue weighted by Crippen LogP contribution is 2.25. The second kappa shape index (κ2) is 10.1. The van der Waals surface area contributed by atoms with Gasteiger partial charge in [0.05, 0.1) is 6.10 Å². The summed E-state index contributed by atoms with van der Waals surface area (Å²) in [5, 5.41) is 9.92. The molecular formula is C25H28N2O4. The topological polar surface area (TPSA) is 82.6 Å². The first-order chi connectivity index (χ1) is 14.9. The molecule has 6 nitrogen and oxygen atoms in total. The summed E-state index contributed by atoms with van der Waals surface area (Å²) in [6.45, 7) is 5.66. The molecule has 1 amide bonds. The number of aliphatic hydroxyl groups excluding tert-OH is 1. The van der Waals surface area contributed by atoms with Crippen LogP contribution in [0.2, 0.25) is 0 Å². The first-order valence-electron chi connectivity index (χ1n) is 10.3. The van der Waals surface area contributed by atoms with Crippen molar-refractivity contribution in [1.29, 1.82) is 0 Å². The summed E-state index contributed by atoms with van der Waals surface area (Å²) < 4.78 is 5.33. The van der Waals surface area contributed by atoms with E-state index >= 15 is 0 Å². The van der Waals surface area contributed by atoms with Gasteiger partial charge in [0.1, 0.15) is 5.69 Å². The maximum absolute atomic E-state index is 13.0. The zero-order chi connectivity index (χ0) is 22.4. The van der Waals surface area contributed by atoms with Crippen molar-refractivity contribution in [1.82, 2.24) is 9.88 Å². The van der Waals surface area contributed by atoms with Gasteiger partial charge >= 0.3 is 5.97 Å². The number of ether oxygens (including phenoxy) is 1. The molecule has 0 aliphatic carbocycles. The Labute approximate surface area is 182 Å². The molecule has 0 saturated carbocycles. The van der Waals surface area contributed by atoms with Gasteiger partial charge in [-0.3, -0.25) is 4.79 Å². The van der Waals surface area contributed by atoms with E-state index < -0.39 is 12.1 Å². The van der Waals surface area contributed by atoms with Crippen molar-refractivity contribution in [3.8, 4) is 0 Å². The number of carbonyl (C=O) groups excluding carboxylic acids is 2. The van der Waals surface area contributed by atoms with Crippen LogP contribution in [-0.2, 0) is 22.6 Å². The van der Waals surface area contributed by atoms with E-state index in [0.29, 0.717) is 29.9 Å². The summed E-state index contributed by atoms with van der Waals surface area (Å²) in [4.78, 5) is 30.2. The zero-order valence-electron chi connectivity index (χ0n) is 18.1. The Kier molecular flexibility index (Phi) is 7.26. The highest BCUT2D eigenvalue weighted by molar-refractivity contribution is 5.91. The highest BCUT2D eigenvalue weighted by atomic mass is 16.5. The number of aryl methyl sites for hydroxylation is 1. The van der Waals surface area contributed by atoms with E-state index in [1.807, 2.05) is 60.7 Å². The summed E-state index contributed by atoms with van der Waals surface area (Å²) in [5.41, 5.74) is 4.27. The van der Waals surface area contributed by atoms with Crippen molar-refractivity contribution in [3.05, 3.63) is 94.3 Å². The number of aliphatic hydroxyl groups is 1. The second-order valence-corrected chi connectivity index (χ2v) is 7.64. The van der Waals surface area contributed by atoms with E-state index in [4.69, 9.17) is 4.74 Å². The first-order valence-corrected chi connectivity index (χ1v) is 10.3. The summed E-state index contributed by atoms with van der Waals surface area (Å²) in [6, 6.07) is 19.4. The first kappa shape index (κ1) is 22.3. The van der Waals surface area contributed by atoms with Gasteiger partial charge in [-0.05, 0) is 37.5 Å². The monoisotopic (exact) mass is 420 g/mol. The van der Waals surface area contributed by atoms with Crippen molar-refractivity contribution < 1.29 is 19.4 Å². The number of nitrogens with zero attached hydrogens (tertiary/aromatic N) is 1. The fourth-order valence-corrected chi connectivity index (χ4v) is 3.73. The molecule has 0 bridgehead atoms. The minimum Gasteiger partial charge on any atom is -0.451 e. The molecule has 6 heteroatoms. The lowest BCUT2D eigenvalue weighted by Gasteiger charge is -2.23.